The molecule has 4 aromatic rings. The fraction of sp³-hybridized carbons (Fsp3) is 0.333. The summed E-state index contributed by atoms with van der Waals surface area (Å²) in [7, 11) is 3.81. The summed E-state index contributed by atoms with van der Waals surface area (Å²) in [6, 6.07) is 9.67. The zero-order valence-corrected chi connectivity index (χ0v) is 21.5. The number of para-hydroxylation sites is 1. The van der Waals surface area contributed by atoms with Gasteiger partial charge in [-0.2, -0.15) is 8.78 Å². The smallest absolute Gasteiger partial charge is 0.387 e. The van der Waals surface area contributed by atoms with E-state index in [9.17, 15) is 13.6 Å². The third-order valence-corrected chi connectivity index (χ3v) is 6.65. The number of nitrogens with two attached hydrogens (primary N) is 1. The van der Waals surface area contributed by atoms with Crippen LogP contribution in [-0.4, -0.2) is 58.0 Å². The van der Waals surface area contributed by atoms with E-state index < -0.39 is 12.2 Å². The number of hydrogen-bond acceptors (Lipinski definition) is 8. The van der Waals surface area contributed by atoms with Crippen LogP contribution in [0.25, 0.3) is 28.1 Å². The number of pyridine rings is 2. The minimum absolute atomic E-state index is 0.152. The second-order valence-electron chi connectivity index (χ2n) is 9.70. The van der Waals surface area contributed by atoms with E-state index in [0.29, 0.717) is 59.0 Å². The maximum atomic E-state index is 13.4. The lowest BCUT2D eigenvalue weighted by Gasteiger charge is -2.24. The van der Waals surface area contributed by atoms with Gasteiger partial charge in [0.1, 0.15) is 35.1 Å². The fourth-order valence-corrected chi connectivity index (χ4v) is 4.84. The third-order valence-electron chi connectivity index (χ3n) is 6.65. The lowest BCUT2D eigenvalue weighted by atomic mass is 10.0. The summed E-state index contributed by atoms with van der Waals surface area (Å²) >= 11 is 0. The first-order valence-electron chi connectivity index (χ1n) is 12.2. The first-order chi connectivity index (χ1) is 18.1. The topological polar surface area (TPSA) is 108 Å². The van der Waals surface area contributed by atoms with E-state index in [4.69, 9.17) is 25.2 Å². The van der Waals surface area contributed by atoms with E-state index >= 15 is 0 Å². The second-order valence-corrected chi connectivity index (χ2v) is 9.70. The van der Waals surface area contributed by atoms with Crippen molar-refractivity contribution >= 4 is 17.5 Å². The van der Waals surface area contributed by atoms with Crippen molar-refractivity contribution in [2.24, 2.45) is 5.73 Å². The molecule has 1 aliphatic heterocycles. The largest absolute Gasteiger partial charge is 0.489 e. The molecule has 2 atom stereocenters. The van der Waals surface area contributed by atoms with Gasteiger partial charge in [-0.05, 0) is 57.8 Å². The summed E-state index contributed by atoms with van der Waals surface area (Å²) in [6.07, 6.45) is 2.95. The number of halogens is 2. The predicted octanol–water partition coefficient (Wildman–Crippen LogP) is 4.48. The molecule has 3 aromatic heterocycles. The molecule has 0 aliphatic carbocycles. The Morgan fingerprint density at radius 2 is 2.05 bits per heavy atom. The molecule has 1 aromatic carbocycles. The standard InChI is InChI=1S/C27H28F2N6O3/c1-5-19(34(3)4)25-33-18-10-9-17(16-11-21-23(31-12-16)27(2,30)14-37-21)32-24(18)35(25)22-15(13-36)7-6-8-20(22)38-26(28)29/h6-13,19,26H,5,14,30H2,1-4H3. The fourth-order valence-electron chi connectivity index (χ4n) is 4.84. The van der Waals surface area contributed by atoms with Crippen LogP contribution in [0.4, 0.5) is 8.78 Å². The molecule has 9 nitrogen and oxygen atoms in total. The van der Waals surface area contributed by atoms with E-state index in [-0.39, 0.29) is 23.0 Å². The first-order valence-corrected chi connectivity index (χ1v) is 12.2. The van der Waals surface area contributed by atoms with Gasteiger partial charge in [-0.25, -0.2) is 9.97 Å². The molecule has 0 amide bonds. The van der Waals surface area contributed by atoms with Crippen LogP contribution in [0.5, 0.6) is 11.5 Å². The van der Waals surface area contributed by atoms with Crippen LogP contribution in [-0.2, 0) is 5.54 Å². The van der Waals surface area contributed by atoms with Crippen LogP contribution in [0.1, 0.15) is 48.2 Å². The summed E-state index contributed by atoms with van der Waals surface area (Å²) in [6.45, 7) is 1.09. The minimum atomic E-state index is -3.08. The number of imidazole rings is 1. The molecular formula is C27H28F2N6O3. The highest BCUT2D eigenvalue weighted by molar-refractivity contribution is 5.87. The number of rotatable bonds is 8. The molecule has 2 N–H and O–H groups in total. The van der Waals surface area contributed by atoms with Crippen LogP contribution in [0.2, 0.25) is 0 Å². The number of alkyl halides is 2. The van der Waals surface area contributed by atoms with Gasteiger partial charge in [0.25, 0.3) is 0 Å². The van der Waals surface area contributed by atoms with E-state index in [2.05, 4.69) is 4.98 Å². The van der Waals surface area contributed by atoms with Crippen molar-refractivity contribution in [2.75, 3.05) is 20.7 Å². The quantitative estimate of drug-likeness (QED) is 0.338. The molecule has 1 aliphatic rings. The van der Waals surface area contributed by atoms with E-state index in [0.717, 1.165) is 0 Å². The Kier molecular flexibility index (Phi) is 6.58. The SMILES string of the molecule is CCC(c1nc2ccc(-c3cnc4c(c3)OCC4(C)N)nc2n1-c1c(C=O)cccc1OC(F)F)N(C)C. The summed E-state index contributed by atoms with van der Waals surface area (Å²) in [5, 5.41) is 0. The number of nitrogens with zero attached hydrogens (tertiary/aromatic N) is 5. The Labute approximate surface area is 218 Å². The van der Waals surface area contributed by atoms with Crippen molar-refractivity contribution in [1.29, 1.82) is 0 Å². The van der Waals surface area contributed by atoms with Crippen LogP contribution in [0.15, 0.2) is 42.6 Å². The average molecular weight is 523 g/mol. The Morgan fingerprint density at radius 1 is 1.26 bits per heavy atom. The van der Waals surface area contributed by atoms with E-state index in [1.54, 1.807) is 22.9 Å². The Bertz CT molecular complexity index is 1520. The number of benzene rings is 1. The second kappa shape index (κ2) is 9.73. The number of carbonyl (C=O) groups is 1. The molecule has 0 saturated carbocycles. The van der Waals surface area contributed by atoms with Crippen LogP contribution in [0, 0.1) is 0 Å². The highest BCUT2D eigenvalue weighted by Gasteiger charge is 2.34. The summed E-state index contributed by atoms with van der Waals surface area (Å²) in [5.41, 5.74) is 8.74. The van der Waals surface area contributed by atoms with Crippen LogP contribution in [0.3, 0.4) is 0 Å². The number of ether oxygens (including phenoxy) is 2. The Hall–Kier alpha value is -3.96. The molecule has 0 spiro atoms. The zero-order chi connectivity index (χ0) is 27.2. The molecule has 0 bridgehead atoms. The van der Waals surface area contributed by atoms with E-state index in [1.807, 2.05) is 45.0 Å². The Balaban J connectivity index is 1.77. The van der Waals surface area contributed by atoms with Crippen molar-refractivity contribution in [3.63, 3.8) is 0 Å². The summed E-state index contributed by atoms with van der Waals surface area (Å²) < 4.78 is 39.1. The van der Waals surface area contributed by atoms with Crippen molar-refractivity contribution in [1.82, 2.24) is 24.4 Å². The van der Waals surface area contributed by atoms with Crippen LogP contribution < -0.4 is 15.2 Å². The van der Waals surface area contributed by atoms with Gasteiger partial charge in [-0.15, -0.1) is 0 Å². The van der Waals surface area contributed by atoms with Gasteiger partial charge < -0.3 is 15.2 Å². The van der Waals surface area contributed by atoms with Gasteiger partial charge in [0.05, 0.1) is 17.3 Å². The number of aldehydes is 1. The minimum Gasteiger partial charge on any atom is -0.489 e. The molecule has 0 fully saturated rings. The molecule has 11 heteroatoms. The summed E-state index contributed by atoms with van der Waals surface area (Å²) in [5.74, 6) is 0.974. The molecule has 4 heterocycles. The monoisotopic (exact) mass is 522 g/mol. The highest BCUT2D eigenvalue weighted by atomic mass is 19.3. The lowest BCUT2D eigenvalue weighted by Crippen LogP contribution is -2.35. The lowest BCUT2D eigenvalue weighted by molar-refractivity contribution is -0.0498. The van der Waals surface area contributed by atoms with Gasteiger partial charge in [0, 0.05) is 17.3 Å². The van der Waals surface area contributed by atoms with Crippen molar-refractivity contribution in [3.8, 4) is 28.4 Å². The highest BCUT2D eigenvalue weighted by Crippen LogP contribution is 2.38. The van der Waals surface area contributed by atoms with Gasteiger partial charge in [0.2, 0.25) is 0 Å². The zero-order valence-electron chi connectivity index (χ0n) is 21.5. The Morgan fingerprint density at radius 3 is 2.74 bits per heavy atom. The number of carbonyl (C=O) groups excluding carboxylic acids is 1. The number of hydrogen-bond donors (Lipinski definition) is 1. The molecule has 2 unspecified atom stereocenters. The van der Waals surface area contributed by atoms with Crippen molar-refractivity contribution in [2.45, 2.75) is 38.5 Å². The molecule has 198 valence electrons. The first kappa shape index (κ1) is 25.7. The normalized spacial score (nSPS) is 17.6. The van der Waals surface area contributed by atoms with Crippen molar-refractivity contribution < 1.29 is 23.0 Å². The average Bonchev–Trinajstić information content (AvgIpc) is 3.39. The van der Waals surface area contributed by atoms with Crippen LogP contribution >= 0.6 is 0 Å². The number of aromatic nitrogens is 4. The van der Waals surface area contributed by atoms with Gasteiger partial charge in [-0.3, -0.25) is 19.2 Å². The predicted molar refractivity (Wildman–Crippen MR) is 138 cm³/mol. The van der Waals surface area contributed by atoms with Gasteiger partial charge >= 0.3 is 6.61 Å². The molecule has 38 heavy (non-hydrogen) atoms. The number of fused-ring (bicyclic) bond motifs is 2. The van der Waals surface area contributed by atoms with Gasteiger partial charge in [-0.1, -0.05) is 13.0 Å². The van der Waals surface area contributed by atoms with E-state index in [1.165, 1.54) is 12.1 Å². The molecule has 5 rings (SSSR count). The van der Waals surface area contributed by atoms with Gasteiger partial charge in [0.15, 0.2) is 17.7 Å². The summed E-state index contributed by atoms with van der Waals surface area (Å²) in [4.78, 5) is 28.3. The third kappa shape index (κ3) is 4.37. The molecule has 0 saturated heterocycles. The molecular weight excluding hydrogens is 494 g/mol. The maximum Gasteiger partial charge on any atom is 0.387 e. The molecule has 0 radical (unpaired) electrons. The van der Waals surface area contributed by atoms with Crippen molar-refractivity contribution in [3.05, 3.63) is 59.7 Å². The maximum absolute atomic E-state index is 13.4.